The minimum Gasteiger partial charge on any atom is -0.337 e. The fourth-order valence-electron chi connectivity index (χ4n) is 2.84. The van der Waals surface area contributed by atoms with Gasteiger partial charge >= 0.3 is 0 Å². The number of para-hydroxylation sites is 2. The molecule has 0 amide bonds. The number of alkyl halides is 1. The van der Waals surface area contributed by atoms with E-state index in [1.807, 2.05) is 12.1 Å². The zero-order valence-electron chi connectivity index (χ0n) is 10.7. The minimum atomic E-state index is 0.440. The van der Waals surface area contributed by atoms with Crippen LogP contribution in [0, 0.1) is 0 Å². The summed E-state index contributed by atoms with van der Waals surface area (Å²) in [5, 5.41) is 1.63. The Balaban J connectivity index is 2.18. The van der Waals surface area contributed by atoms with Crippen molar-refractivity contribution in [1.29, 1.82) is 0 Å². The molecule has 0 aromatic heterocycles. The summed E-state index contributed by atoms with van der Waals surface area (Å²) in [6.45, 7) is 2.25. The van der Waals surface area contributed by atoms with E-state index < -0.39 is 0 Å². The number of fused-ring (bicyclic) bond motifs is 1. The van der Waals surface area contributed by atoms with Gasteiger partial charge in [0.05, 0.1) is 10.7 Å². The first-order valence-electron chi connectivity index (χ1n) is 6.43. The molecule has 2 aromatic rings. The number of nitrogens with zero attached hydrogens (tertiary/aromatic N) is 1. The molecule has 1 nitrogen and oxygen atoms in total. The number of rotatable bonds is 2. The summed E-state index contributed by atoms with van der Waals surface area (Å²) in [5.41, 5.74) is 5.05. The SMILES string of the molecule is CC1Cc2ccccc2N1c1c(Cl)cccc1CBr. The smallest absolute Gasteiger partial charge is 0.0646 e. The van der Waals surface area contributed by atoms with E-state index in [0.29, 0.717) is 6.04 Å². The molecule has 0 aliphatic carbocycles. The topological polar surface area (TPSA) is 3.24 Å². The summed E-state index contributed by atoms with van der Waals surface area (Å²) in [4.78, 5) is 2.37. The van der Waals surface area contributed by atoms with Crippen molar-refractivity contribution >= 4 is 38.9 Å². The maximum atomic E-state index is 6.46. The lowest BCUT2D eigenvalue weighted by Gasteiger charge is -2.28. The van der Waals surface area contributed by atoms with Crippen molar-refractivity contribution in [2.45, 2.75) is 24.7 Å². The molecule has 0 radical (unpaired) electrons. The second-order valence-electron chi connectivity index (χ2n) is 4.93. The molecule has 1 aliphatic rings. The summed E-state index contributed by atoms with van der Waals surface area (Å²) in [6, 6.07) is 15.1. The Morgan fingerprint density at radius 2 is 2.00 bits per heavy atom. The second-order valence-corrected chi connectivity index (χ2v) is 5.90. The van der Waals surface area contributed by atoms with Crippen molar-refractivity contribution in [1.82, 2.24) is 0 Å². The summed E-state index contributed by atoms with van der Waals surface area (Å²) in [6.07, 6.45) is 1.07. The van der Waals surface area contributed by atoms with Gasteiger partial charge in [-0.25, -0.2) is 0 Å². The first-order valence-corrected chi connectivity index (χ1v) is 7.93. The Morgan fingerprint density at radius 1 is 1.21 bits per heavy atom. The van der Waals surface area contributed by atoms with Crippen LogP contribution in [0.3, 0.4) is 0 Å². The van der Waals surface area contributed by atoms with E-state index >= 15 is 0 Å². The van der Waals surface area contributed by atoms with Gasteiger partial charge in [-0.2, -0.15) is 0 Å². The van der Waals surface area contributed by atoms with Crippen molar-refractivity contribution in [3.05, 3.63) is 58.6 Å². The molecule has 98 valence electrons. The van der Waals surface area contributed by atoms with E-state index in [9.17, 15) is 0 Å². The molecule has 3 heteroatoms. The lowest BCUT2D eigenvalue weighted by atomic mass is 10.1. The van der Waals surface area contributed by atoms with Crippen LogP contribution < -0.4 is 4.90 Å². The lowest BCUT2D eigenvalue weighted by Crippen LogP contribution is -2.25. The zero-order valence-corrected chi connectivity index (χ0v) is 13.1. The highest BCUT2D eigenvalue weighted by atomic mass is 79.9. The third-order valence-electron chi connectivity index (χ3n) is 3.66. The predicted octanol–water partition coefficient (Wildman–Crippen LogP) is 5.32. The molecule has 1 heterocycles. The van der Waals surface area contributed by atoms with Crippen LogP contribution in [-0.2, 0) is 11.8 Å². The van der Waals surface area contributed by atoms with Crippen LogP contribution in [0.2, 0.25) is 5.02 Å². The molecule has 0 saturated heterocycles. The van der Waals surface area contributed by atoms with Crippen LogP contribution in [0.15, 0.2) is 42.5 Å². The second kappa shape index (κ2) is 5.18. The van der Waals surface area contributed by atoms with Gasteiger partial charge in [-0.3, -0.25) is 0 Å². The molecule has 0 N–H and O–H groups in total. The number of halogens is 2. The third kappa shape index (κ3) is 2.17. The number of benzene rings is 2. The van der Waals surface area contributed by atoms with Crippen molar-refractivity contribution in [2.75, 3.05) is 4.90 Å². The van der Waals surface area contributed by atoms with E-state index in [4.69, 9.17) is 11.6 Å². The normalized spacial score (nSPS) is 17.6. The largest absolute Gasteiger partial charge is 0.337 e. The molecular weight excluding hydrogens is 322 g/mol. The minimum absolute atomic E-state index is 0.440. The standard InChI is InChI=1S/C16H15BrClN/c1-11-9-12-5-2-3-8-15(12)19(11)16-13(10-17)6-4-7-14(16)18/h2-8,11H,9-10H2,1H3. The quantitative estimate of drug-likeness (QED) is 0.671. The van der Waals surface area contributed by atoms with Crippen LogP contribution in [0.4, 0.5) is 11.4 Å². The maximum absolute atomic E-state index is 6.46. The first-order chi connectivity index (χ1) is 9.22. The summed E-state index contributed by atoms with van der Waals surface area (Å²) in [5.74, 6) is 0. The molecular formula is C16H15BrClN. The average Bonchev–Trinajstić information content (AvgIpc) is 2.74. The third-order valence-corrected chi connectivity index (χ3v) is 4.57. The molecule has 1 aliphatic heterocycles. The van der Waals surface area contributed by atoms with Gasteiger partial charge in [0.15, 0.2) is 0 Å². The lowest BCUT2D eigenvalue weighted by molar-refractivity contribution is 0.757. The fraction of sp³-hybridized carbons (Fsp3) is 0.250. The Bertz CT molecular complexity index is 611. The first kappa shape index (κ1) is 13.0. The van der Waals surface area contributed by atoms with Crippen molar-refractivity contribution in [3.8, 4) is 0 Å². The Morgan fingerprint density at radius 3 is 2.79 bits per heavy atom. The molecule has 3 rings (SSSR count). The van der Waals surface area contributed by atoms with Crippen LogP contribution in [0.25, 0.3) is 0 Å². The molecule has 2 aromatic carbocycles. The molecule has 0 saturated carbocycles. The average molecular weight is 337 g/mol. The van der Waals surface area contributed by atoms with Gasteiger partial charge in [0.2, 0.25) is 0 Å². The van der Waals surface area contributed by atoms with Gasteiger partial charge < -0.3 is 4.90 Å². The Labute approximate surface area is 127 Å². The number of anilines is 2. The van der Waals surface area contributed by atoms with Crippen molar-refractivity contribution in [3.63, 3.8) is 0 Å². The van der Waals surface area contributed by atoms with Crippen molar-refractivity contribution in [2.24, 2.45) is 0 Å². The summed E-state index contributed by atoms with van der Waals surface area (Å²) >= 11 is 10.0. The van der Waals surface area contributed by atoms with Crippen molar-refractivity contribution < 1.29 is 0 Å². The summed E-state index contributed by atoms with van der Waals surface area (Å²) in [7, 11) is 0. The van der Waals surface area contributed by atoms with Gasteiger partial charge in [0, 0.05) is 17.1 Å². The molecule has 0 bridgehead atoms. The van der Waals surface area contributed by atoms with E-state index in [0.717, 1.165) is 22.5 Å². The highest BCUT2D eigenvalue weighted by molar-refractivity contribution is 9.08. The van der Waals surface area contributed by atoms with Gasteiger partial charge in [-0.05, 0) is 36.6 Å². The van der Waals surface area contributed by atoms with Gasteiger partial charge in [0.25, 0.3) is 0 Å². The maximum Gasteiger partial charge on any atom is 0.0646 e. The summed E-state index contributed by atoms with van der Waals surface area (Å²) < 4.78 is 0. The van der Waals surface area contributed by atoms with Gasteiger partial charge in [-0.15, -0.1) is 0 Å². The number of hydrogen-bond donors (Lipinski definition) is 0. The monoisotopic (exact) mass is 335 g/mol. The van der Waals surface area contributed by atoms with Crippen LogP contribution in [-0.4, -0.2) is 6.04 Å². The molecule has 19 heavy (non-hydrogen) atoms. The van der Waals surface area contributed by atoms with Crippen LogP contribution in [0.1, 0.15) is 18.1 Å². The highest BCUT2D eigenvalue weighted by Gasteiger charge is 2.29. The number of hydrogen-bond acceptors (Lipinski definition) is 1. The zero-order chi connectivity index (χ0) is 13.4. The predicted molar refractivity (Wildman–Crippen MR) is 85.8 cm³/mol. The molecule has 0 spiro atoms. The van der Waals surface area contributed by atoms with Crippen LogP contribution >= 0.6 is 27.5 Å². The van der Waals surface area contributed by atoms with E-state index in [-0.39, 0.29) is 0 Å². The molecule has 0 fully saturated rings. The van der Waals surface area contributed by atoms with Crippen LogP contribution in [0.5, 0.6) is 0 Å². The van der Waals surface area contributed by atoms with E-state index in [2.05, 4.69) is 58.1 Å². The van der Waals surface area contributed by atoms with E-state index in [1.54, 1.807) is 0 Å². The fourth-order valence-corrected chi connectivity index (χ4v) is 3.58. The van der Waals surface area contributed by atoms with E-state index in [1.165, 1.54) is 16.8 Å². The van der Waals surface area contributed by atoms with Gasteiger partial charge in [0.1, 0.15) is 0 Å². The Hall–Kier alpha value is -0.990. The van der Waals surface area contributed by atoms with Gasteiger partial charge in [-0.1, -0.05) is 57.9 Å². The molecule has 1 atom stereocenters. The molecule has 1 unspecified atom stereocenters. The highest BCUT2D eigenvalue weighted by Crippen LogP contribution is 2.43. The Kier molecular flexibility index (Phi) is 3.55.